The van der Waals surface area contributed by atoms with Gasteiger partial charge in [0.2, 0.25) is 11.8 Å². The van der Waals surface area contributed by atoms with Crippen molar-refractivity contribution in [2.24, 2.45) is 5.92 Å². The highest BCUT2D eigenvalue weighted by atomic mass is 16.2. The van der Waals surface area contributed by atoms with Gasteiger partial charge in [0.05, 0.1) is 5.92 Å². The van der Waals surface area contributed by atoms with Crippen LogP contribution in [-0.2, 0) is 9.59 Å². The number of piperidine rings is 1. The number of rotatable bonds is 3. The number of nitrogens with one attached hydrogen (secondary N) is 2. The summed E-state index contributed by atoms with van der Waals surface area (Å²) < 4.78 is 0. The number of hydrogen-bond acceptors (Lipinski definition) is 3. The Morgan fingerprint density at radius 1 is 1.47 bits per heavy atom. The van der Waals surface area contributed by atoms with E-state index in [4.69, 9.17) is 0 Å². The van der Waals surface area contributed by atoms with Crippen LogP contribution in [0, 0.1) is 5.92 Å². The van der Waals surface area contributed by atoms with E-state index in [9.17, 15) is 9.59 Å². The van der Waals surface area contributed by atoms with E-state index >= 15 is 0 Å². The first-order chi connectivity index (χ1) is 8.16. The maximum Gasteiger partial charge on any atom is 0.227 e. The molecule has 2 rings (SSSR count). The molecule has 2 heterocycles. The second-order valence-electron chi connectivity index (χ2n) is 5.05. The zero-order valence-electron chi connectivity index (χ0n) is 10.4. The van der Waals surface area contributed by atoms with Crippen LogP contribution in [0.5, 0.6) is 0 Å². The molecule has 2 atom stereocenters. The summed E-state index contributed by atoms with van der Waals surface area (Å²) in [5.41, 5.74) is 0. The Hall–Kier alpha value is -1.10. The Morgan fingerprint density at radius 3 is 2.88 bits per heavy atom. The summed E-state index contributed by atoms with van der Waals surface area (Å²) in [5, 5.41) is 6.15. The molecule has 2 fully saturated rings. The van der Waals surface area contributed by atoms with Crippen LogP contribution in [0.1, 0.15) is 25.7 Å². The predicted molar refractivity (Wildman–Crippen MR) is 64.4 cm³/mol. The SMILES string of the molecule is CN(CC1CCCN1)C(=O)C1CCC(=O)NC1. The number of nitrogens with zero attached hydrogens (tertiary/aromatic N) is 1. The van der Waals surface area contributed by atoms with E-state index in [1.807, 2.05) is 11.9 Å². The van der Waals surface area contributed by atoms with Crippen molar-refractivity contribution in [3.8, 4) is 0 Å². The number of carbonyl (C=O) groups excluding carboxylic acids is 2. The van der Waals surface area contributed by atoms with Gasteiger partial charge in [0.25, 0.3) is 0 Å². The molecule has 0 radical (unpaired) electrons. The largest absolute Gasteiger partial charge is 0.355 e. The normalized spacial score (nSPS) is 28.9. The molecule has 2 aliphatic rings. The number of carbonyl (C=O) groups is 2. The molecule has 96 valence electrons. The van der Waals surface area contributed by atoms with Gasteiger partial charge in [-0.1, -0.05) is 0 Å². The van der Waals surface area contributed by atoms with Crippen molar-refractivity contribution in [3.63, 3.8) is 0 Å². The highest BCUT2D eigenvalue weighted by Crippen LogP contribution is 2.14. The molecular formula is C12H21N3O2. The Kier molecular flexibility index (Phi) is 3.99. The topological polar surface area (TPSA) is 61.4 Å². The van der Waals surface area contributed by atoms with Crippen molar-refractivity contribution in [3.05, 3.63) is 0 Å². The van der Waals surface area contributed by atoms with Gasteiger partial charge in [0.15, 0.2) is 0 Å². The Bertz CT molecular complexity index is 290. The van der Waals surface area contributed by atoms with E-state index in [-0.39, 0.29) is 17.7 Å². The third-order valence-electron chi connectivity index (χ3n) is 3.65. The number of amides is 2. The van der Waals surface area contributed by atoms with Crippen molar-refractivity contribution >= 4 is 11.8 Å². The third kappa shape index (κ3) is 3.19. The Balaban J connectivity index is 1.79. The average Bonchev–Trinajstić information content (AvgIpc) is 2.82. The van der Waals surface area contributed by atoms with Gasteiger partial charge < -0.3 is 15.5 Å². The molecule has 0 saturated carbocycles. The molecule has 2 unspecified atom stereocenters. The van der Waals surface area contributed by atoms with Gasteiger partial charge in [-0.25, -0.2) is 0 Å². The molecule has 0 bridgehead atoms. The molecule has 0 aliphatic carbocycles. The van der Waals surface area contributed by atoms with Crippen LogP contribution in [0.15, 0.2) is 0 Å². The van der Waals surface area contributed by atoms with Crippen LogP contribution in [0.4, 0.5) is 0 Å². The van der Waals surface area contributed by atoms with Crippen LogP contribution in [0.2, 0.25) is 0 Å². The van der Waals surface area contributed by atoms with Gasteiger partial charge in [-0.15, -0.1) is 0 Å². The molecule has 2 amide bonds. The second kappa shape index (κ2) is 5.49. The summed E-state index contributed by atoms with van der Waals surface area (Å²) in [5.74, 6) is 0.201. The highest BCUT2D eigenvalue weighted by Gasteiger charge is 2.28. The predicted octanol–water partition coefficient (Wildman–Crippen LogP) is -0.277. The average molecular weight is 239 g/mol. The lowest BCUT2D eigenvalue weighted by molar-refractivity contribution is -0.136. The zero-order chi connectivity index (χ0) is 12.3. The summed E-state index contributed by atoms with van der Waals surface area (Å²) in [7, 11) is 1.86. The van der Waals surface area contributed by atoms with Gasteiger partial charge in [-0.05, 0) is 25.8 Å². The Morgan fingerprint density at radius 2 is 2.29 bits per heavy atom. The van der Waals surface area contributed by atoms with Crippen LogP contribution >= 0.6 is 0 Å². The standard InChI is InChI=1S/C12H21N3O2/c1-15(8-10-3-2-6-13-10)12(17)9-4-5-11(16)14-7-9/h9-10,13H,2-8H2,1H3,(H,14,16). The molecule has 2 aliphatic heterocycles. The van der Waals surface area contributed by atoms with Gasteiger partial charge in [0, 0.05) is 32.6 Å². The molecule has 5 nitrogen and oxygen atoms in total. The van der Waals surface area contributed by atoms with Crippen molar-refractivity contribution in [1.29, 1.82) is 0 Å². The fourth-order valence-corrected chi connectivity index (χ4v) is 2.59. The quantitative estimate of drug-likeness (QED) is 0.712. The molecule has 2 saturated heterocycles. The maximum atomic E-state index is 12.1. The molecule has 0 aromatic carbocycles. The van der Waals surface area contributed by atoms with Gasteiger partial charge >= 0.3 is 0 Å². The van der Waals surface area contributed by atoms with E-state index in [1.165, 1.54) is 6.42 Å². The van der Waals surface area contributed by atoms with Crippen molar-refractivity contribution in [1.82, 2.24) is 15.5 Å². The van der Waals surface area contributed by atoms with Crippen molar-refractivity contribution < 1.29 is 9.59 Å². The molecule has 0 spiro atoms. The fraction of sp³-hybridized carbons (Fsp3) is 0.833. The Labute approximate surface area is 102 Å². The summed E-state index contributed by atoms with van der Waals surface area (Å²) in [6, 6.07) is 0.446. The van der Waals surface area contributed by atoms with Gasteiger partial charge in [-0.2, -0.15) is 0 Å². The molecule has 0 aromatic heterocycles. The summed E-state index contributed by atoms with van der Waals surface area (Å²) in [6.07, 6.45) is 3.52. The first kappa shape index (κ1) is 12.4. The maximum absolute atomic E-state index is 12.1. The highest BCUT2D eigenvalue weighted by molar-refractivity contribution is 5.83. The van der Waals surface area contributed by atoms with Crippen LogP contribution < -0.4 is 10.6 Å². The lowest BCUT2D eigenvalue weighted by atomic mass is 9.97. The number of hydrogen-bond donors (Lipinski definition) is 2. The van der Waals surface area contributed by atoms with Crippen LogP contribution in [0.25, 0.3) is 0 Å². The minimum atomic E-state index is -0.0286. The van der Waals surface area contributed by atoms with E-state index in [2.05, 4.69) is 10.6 Å². The second-order valence-corrected chi connectivity index (χ2v) is 5.05. The van der Waals surface area contributed by atoms with Crippen LogP contribution in [-0.4, -0.2) is 49.4 Å². The van der Waals surface area contributed by atoms with Crippen molar-refractivity contribution in [2.75, 3.05) is 26.7 Å². The summed E-state index contributed by atoms with van der Waals surface area (Å²) in [6.45, 7) is 2.34. The van der Waals surface area contributed by atoms with E-state index in [1.54, 1.807) is 0 Å². The molecule has 2 N–H and O–H groups in total. The molecular weight excluding hydrogens is 218 g/mol. The first-order valence-electron chi connectivity index (χ1n) is 6.42. The smallest absolute Gasteiger partial charge is 0.227 e. The van der Waals surface area contributed by atoms with Gasteiger partial charge in [0.1, 0.15) is 0 Å². The number of likely N-dealkylation sites (N-methyl/N-ethyl adjacent to an activating group) is 1. The van der Waals surface area contributed by atoms with Gasteiger partial charge in [-0.3, -0.25) is 9.59 Å². The summed E-state index contributed by atoms with van der Waals surface area (Å²) >= 11 is 0. The minimum absolute atomic E-state index is 0.0286. The third-order valence-corrected chi connectivity index (χ3v) is 3.65. The van der Waals surface area contributed by atoms with E-state index < -0.39 is 0 Å². The summed E-state index contributed by atoms with van der Waals surface area (Å²) in [4.78, 5) is 25.0. The molecule has 0 aromatic rings. The minimum Gasteiger partial charge on any atom is -0.355 e. The molecule has 5 heteroatoms. The van der Waals surface area contributed by atoms with E-state index in [0.29, 0.717) is 25.4 Å². The fourth-order valence-electron chi connectivity index (χ4n) is 2.59. The van der Waals surface area contributed by atoms with E-state index in [0.717, 1.165) is 19.5 Å². The van der Waals surface area contributed by atoms with Crippen LogP contribution in [0.3, 0.4) is 0 Å². The lowest BCUT2D eigenvalue weighted by Crippen LogP contribution is -2.46. The monoisotopic (exact) mass is 239 g/mol. The zero-order valence-corrected chi connectivity index (χ0v) is 10.4. The molecule has 17 heavy (non-hydrogen) atoms. The first-order valence-corrected chi connectivity index (χ1v) is 6.42. The lowest BCUT2D eigenvalue weighted by Gasteiger charge is -2.28. The van der Waals surface area contributed by atoms with Crippen molar-refractivity contribution in [2.45, 2.75) is 31.7 Å².